The lowest BCUT2D eigenvalue weighted by Crippen LogP contribution is -2.50. The smallest absolute Gasteiger partial charge is 0.180 e. The molecule has 64 valence electrons. The molecule has 0 spiro atoms. The van der Waals surface area contributed by atoms with Gasteiger partial charge in [-0.1, -0.05) is 0 Å². The molecule has 0 aromatic carbocycles. The molecule has 2 rings (SSSR count). The maximum absolute atomic E-state index is 5.55. The van der Waals surface area contributed by atoms with E-state index in [1.54, 1.807) is 6.20 Å². The fourth-order valence-corrected chi connectivity index (χ4v) is 0.942. The largest absolute Gasteiger partial charge is 0.482 e. The summed E-state index contributed by atoms with van der Waals surface area (Å²) in [5.74, 6) is 0.973. The lowest BCUT2D eigenvalue weighted by atomic mass is 10.2. The molecule has 3 N–H and O–H groups in total. The summed E-state index contributed by atoms with van der Waals surface area (Å²) in [6.45, 7) is 1.74. The monoisotopic (exact) mass is 166 g/mol. The first-order valence-corrected chi connectivity index (χ1v) is 3.79. The molecule has 5 heteroatoms. The predicted molar refractivity (Wildman–Crippen MR) is 43.7 cm³/mol. The topological polar surface area (TPSA) is 73.1 Å². The first-order valence-electron chi connectivity index (χ1n) is 3.79. The average Bonchev–Trinajstić information content (AvgIpc) is 2.00. The van der Waals surface area contributed by atoms with Crippen molar-refractivity contribution in [1.82, 2.24) is 15.3 Å². The molecule has 1 aromatic heterocycles. The van der Waals surface area contributed by atoms with Gasteiger partial charge >= 0.3 is 0 Å². The van der Waals surface area contributed by atoms with Crippen LogP contribution in [0.25, 0.3) is 0 Å². The number of ether oxygens (including phenoxy) is 1. The van der Waals surface area contributed by atoms with Gasteiger partial charge in [-0.05, 0) is 0 Å². The summed E-state index contributed by atoms with van der Waals surface area (Å²) in [4.78, 5) is 7.63. The Morgan fingerprint density at radius 1 is 1.58 bits per heavy atom. The van der Waals surface area contributed by atoms with Crippen LogP contribution in [0.1, 0.15) is 0 Å². The zero-order valence-electron chi connectivity index (χ0n) is 6.53. The normalized spacial score (nSPS) is 17.0. The van der Waals surface area contributed by atoms with Crippen LogP contribution in [0.4, 0.5) is 5.82 Å². The van der Waals surface area contributed by atoms with Gasteiger partial charge in [0.25, 0.3) is 0 Å². The van der Waals surface area contributed by atoms with Gasteiger partial charge in [0.05, 0.1) is 6.20 Å². The van der Waals surface area contributed by atoms with Gasteiger partial charge in [0.1, 0.15) is 12.4 Å². The summed E-state index contributed by atoms with van der Waals surface area (Å²) in [6, 6.07) is 0. The van der Waals surface area contributed by atoms with E-state index >= 15 is 0 Å². The molecule has 1 aliphatic rings. The molecule has 1 aliphatic heterocycles. The van der Waals surface area contributed by atoms with Crippen LogP contribution in [-0.2, 0) is 0 Å². The molecule has 2 heterocycles. The van der Waals surface area contributed by atoms with Gasteiger partial charge in [0, 0.05) is 13.1 Å². The zero-order valence-corrected chi connectivity index (χ0v) is 6.53. The fourth-order valence-electron chi connectivity index (χ4n) is 0.942. The number of aromatic nitrogens is 2. The van der Waals surface area contributed by atoms with Crippen molar-refractivity contribution in [2.45, 2.75) is 6.10 Å². The Morgan fingerprint density at radius 2 is 2.42 bits per heavy atom. The molecular weight excluding hydrogens is 156 g/mol. The lowest BCUT2D eigenvalue weighted by molar-refractivity contribution is 0.142. The van der Waals surface area contributed by atoms with Crippen molar-refractivity contribution in [3.8, 4) is 5.75 Å². The SMILES string of the molecule is Nc1ncncc1OC1CNC1. The average molecular weight is 166 g/mol. The van der Waals surface area contributed by atoms with Crippen LogP contribution in [0.2, 0.25) is 0 Å². The van der Waals surface area contributed by atoms with E-state index < -0.39 is 0 Å². The van der Waals surface area contributed by atoms with E-state index in [-0.39, 0.29) is 6.10 Å². The third kappa shape index (κ3) is 1.31. The van der Waals surface area contributed by atoms with Gasteiger partial charge in [-0.15, -0.1) is 0 Å². The second kappa shape index (κ2) is 2.94. The van der Waals surface area contributed by atoms with Crippen LogP contribution in [0, 0.1) is 0 Å². The number of hydrogen-bond donors (Lipinski definition) is 2. The second-order valence-electron chi connectivity index (χ2n) is 2.67. The molecule has 0 aliphatic carbocycles. The van der Waals surface area contributed by atoms with E-state index in [9.17, 15) is 0 Å². The van der Waals surface area contributed by atoms with Crippen molar-refractivity contribution in [1.29, 1.82) is 0 Å². The summed E-state index contributed by atoms with van der Waals surface area (Å²) in [5.41, 5.74) is 5.55. The number of anilines is 1. The van der Waals surface area contributed by atoms with Crippen molar-refractivity contribution >= 4 is 5.82 Å². The standard InChI is InChI=1S/C7H10N4O/c8-7-6(3-10-4-11-7)12-5-1-9-2-5/h3-5,9H,1-2H2,(H2,8,10,11). The molecule has 0 saturated carbocycles. The Morgan fingerprint density at radius 3 is 3.00 bits per heavy atom. The number of nitrogens with two attached hydrogens (primary N) is 1. The number of nitrogen functional groups attached to an aromatic ring is 1. The molecule has 1 fully saturated rings. The van der Waals surface area contributed by atoms with Crippen LogP contribution < -0.4 is 15.8 Å². The summed E-state index contributed by atoms with van der Waals surface area (Å²) >= 11 is 0. The molecule has 0 atom stereocenters. The third-order valence-corrected chi connectivity index (χ3v) is 1.75. The summed E-state index contributed by atoms with van der Waals surface area (Å²) in [5, 5.41) is 3.09. The molecule has 0 bridgehead atoms. The van der Waals surface area contributed by atoms with Crippen LogP contribution in [0.5, 0.6) is 5.75 Å². The molecular formula is C7H10N4O. The van der Waals surface area contributed by atoms with E-state index in [2.05, 4.69) is 15.3 Å². The fraction of sp³-hybridized carbons (Fsp3) is 0.429. The number of rotatable bonds is 2. The Kier molecular flexibility index (Phi) is 1.79. The Labute approximate surface area is 70.0 Å². The quantitative estimate of drug-likeness (QED) is 0.614. The summed E-state index contributed by atoms with van der Waals surface area (Å²) < 4.78 is 5.47. The predicted octanol–water partition coefficient (Wildman–Crippen LogP) is -0.591. The van der Waals surface area contributed by atoms with Gasteiger partial charge in [-0.3, -0.25) is 0 Å². The first-order chi connectivity index (χ1) is 5.86. The summed E-state index contributed by atoms with van der Waals surface area (Å²) in [7, 11) is 0. The van der Waals surface area contributed by atoms with Crippen LogP contribution in [0.3, 0.4) is 0 Å². The minimum absolute atomic E-state index is 0.221. The Bertz CT molecular complexity index is 274. The number of hydrogen-bond acceptors (Lipinski definition) is 5. The van der Waals surface area contributed by atoms with Crippen molar-refractivity contribution in [3.63, 3.8) is 0 Å². The molecule has 0 amide bonds. The van der Waals surface area contributed by atoms with E-state index in [4.69, 9.17) is 10.5 Å². The first kappa shape index (κ1) is 7.30. The lowest BCUT2D eigenvalue weighted by Gasteiger charge is -2.27. The molecule has 0 radical (unpaired) electrons. The van der Waals surface area contributed by atoms with E-state index in [1.807, 2.05) is 0 Å². The Balaban J connectivity index is 2.06. The highest BCUT2D eigenvalue weighted by Crippen LogP contribution is 2.17. The highest BCUT2D eigenvalue weighted by Gasteiger charge is 2.19. The van der Waals surface area contributed by atoms with Crippen molar-refractivity contribution in [3.05, 3.63) is 12.5 Å². The Hall–Kier alpha value is -1.36. The van der Waals surface area contributed by atoms with Gasteiger partial charge in [-0.2, -0.15) is 0 Å². The van der Waals surface area contributed by atoms with E-state index in [0.29, 0.717) is 11.6 Å². The van der Waals surface area contributed by atoms with E-state index in [0.717, 1.165) is 13.1 Å². The molecule has 1 saturated heterocycles. The van der Waals surface area contributed by atoms with E-state index in [1.165, 1.54) is 6.33 Å². The van der Waals surface area contributed by atoms with Crippen molar-refractivity contribution in [2.75, 3.05) is 18.8 Å². The number of nitrogens with zero attached hydrogens (tertiary/aromatic N) is 2. The van der Waals surface area contributed by atoms with Crippen LogP contribution in [-0.4, -0.2) is 29.2 Å². The highest BCUT2D eigenvalue weighted by atomic mass is 16.5. The van der Waals surface area contributed by atoms with Crippen LogP contribution >= 0.6 is 0 Å². The van der Waals surface area contributed by atoms with Gasteiger partial charge in [0.15, 0.2) is 11.6 Å². The van der Waals surface area contributed by atoms with Gasteiger partial charge < -0.3 is 15.8 Å². The van der Waals surface area contributed by atoms with Gasteiger partial charge in [0.2, 0.25) is 0 Å². The van der Waals surface area contributed by atoms with Crippen molar-refractivity contribution < 1.29 is 4.74 Å². The van der Waals surface area contributed by atoms with Gasteiger partial charge in [-0.25, -0.2) is 9.97 Å². The molecule has 0 unspecified atom stereocenters. The molecule has 1 aromatic rings. The molecule has 5 nitrogen and oxygen atoms in total. The highest BCUT2D eigenvalue weighted by molar-refractivity contribution is 5.42. The van der Waals surface area contributed by atoms with Crippen LogP contribution in [0.15, 0.2) is 12.5 Å². The molecule has 12 heavy (non-hydrogen) atoms. The zero-order chi connectivity index (χ0) is 8.39. The van der Waals surface area contributed by atoms with Crippen molar-refractivity contribution in [2.24, 2.45) is 0 Å². The summed E-state index contributed by atoms with van der Waals surface area (Å²) in [6.07, 6.45) is 3.21. The second-order valence-corrected chi connectivity index (χ2v) is 2.67. The third-order valence-electron chi connectivity index (χ3n) is 1.75. The number of nitrogens with one attached hydrogen (secondary N) is 1. The minimum Gasteiger partial charge on any atom is -0.482 e. The maximum Gasteiger partial charge on any atom is 0.180 e. The maximum atomic E-state index is 5.55. The minimum atomic E-state index is 0.221.